The third-order valence-electron chi connectivity index (χ3n) is 5.18. The molecule has 3 nitrogen and oxygen atoms in total. The number of nitrogens with zero attached hydrogens (tertiary/aromatic N) is 2. The molecule has 0 spiro atoms. The largest absolute Gasteiger partial charge is 0.381 e. The Morgan fingerprint density at radius 1 is 1.18 bits per heavy atom. The smallest absolute Gasteiger partial charge is 0.127 e. The van der Waals surface area contributed by atoms with Crippen molar-refractivity contribution < 1.29 is 9.13 Å². The van der Waals surface area contributed by atoms with Crippen LogP contribution in [-0.2, 0) is 11.3 Å². The van der Waals surface area contributed by atoms with Gasteiger partial charge in [-0.3, -0.25) is 9.80 Å². The molecular formula is C18H27FN2O. The van der Waals surface area contributed by atoms with Crippen LogP contribution in [0.25, 0.3) is 0 Å². The first kappa shape index (κ1) is 15.9. The van der Waals surface area contributed by atoms with Crippen molar-refractivity contribution in [3.8, 4) is 0 Å². The summed E-state index contributed by atoms with van der Waals surface area (Å²) in [5.74, 6) is -0.0811. The Morgan fingerprint density at radius 3 is 2.73 bits per heavy atom. The summed E-state index contributed by atoms with van der Waals surface area (Å²) in [5.41, 5.74) is 0.817. The third-order valence-corrected chi connectivity index (χ3v) is 5.18. The highest BCUT2D eigenvalue weighted by Crippen LogP contribution is 2.23. The number of likely N-dealkylation sites (N-methyl/N-ethyl adjacent to an activating group) is 1. The molecule has 2 aliphatic rings. The first-order valence-corrected chi connectivity index (χ1v) is 8.49. The van der Waals surface area contributed by atoms with E-state index in [1.165, 1.54) is 12.8 Å². The van der Waals surface area contributed by atoms with E-state index < -0.39 is 0 Å². The van der Waals surface area contributed by atoms with Crippen LogP contribution in [0, 0.1) is 5.82 Å². The Balaban J connectivity index is 1.58. The van der Waals surface area contributed by atoms with Gasteiger partial charge in [0.1, 0.15) is 5.82 Å². The standard InChI is InChI=1S/C18H27FN2O/c1-20(16-8-11-22-12-9-16)17-6-4-10-21(14-17)13-15-5-2-3-7-18(15)19/h2-3,5,7,16-17H,4,6,8-14H2,1H3/t17-/m0/s1. The van der Waals surface area contributed by atoms with Gasteiger partial charge in [0.05, 0.1) is 0 Å². The lowest BCUT2D eigenvalue weighted by molar-refractivity contribution is 0.0108. The van der Waals surface area contributed by atoms with Crippen molar-refractivity contribution in [3.05, 3.63) is 35.6 Å². The Morgan fingerprint density at radius 2 is 1.95 bits per heavy atom. The van der Waals surface area contributed by atoms with Crippen LogP contribution in [0.1, 0.15) is 31.2 Å². The molecular weight excluding hydrogens is 279 g/mol. The van der Waals surface area contributed by atoms with E-state index in [0.717, 1.165) is 51.3 Å². The first-order valence-electron chi connectivity index (χ1n) is 8.49. The van der Waals surface area contributed by atoms with E-state index in [0.29, 0.717) is 12.1 Å². The summed E-state index contributed by atoms with van der Waals surface area (Å²) in [5, 5.41) is 0. The van der Waals surface area contributed by atoms with Crippen molar-refractivity contribution in [2.24, 2.45) is 0 Å². The van der Waals surface area contributed by atoms with Crippen LogP contribution >= 0.6 is 0 Å². The molecule has 3 rings (SSSR count). The lowest BCUT2D eigenvalue weighted by Crippen LogP contribution is -2.50. The molecule has 1 atom stereocenters. The zero-order valence-electron chi connectivity index (χ0n) is 13.5. The van der Waals surface area contributed by atoms with Gasteiger partial charge in [-0.15, -0.1) is 0 Å². The lowest BCUT2D eigenvalue weighted by atomic mass is 9.99. The summed E-state index contributed by atoms with van der Waals surface area (Å²) in [6.45, 7) is 4.63. The maximum Gasteiger partial charge on any atom is 0.127 e. The summed E-state index contributed by atoms with van der Waals surface area (Å²) in [4.78, 5) is 4.96. The molecule has 0 bridgehead atoms. The van der Waals surface area contributed by atoms with E-state index in [1.807, 2.05) is 12.1 Å². The molecule has 0 amide bonds. The minimum absolute atomic E-state index is 0.0811. The molecule has 0 saturated carbocycles. The molecule has 0 unspecified atom stereocenters. The number of benzene rings is 1. The highest BCUT2D eigenvalue weighted by Gasteiger charge is 2.28. The molecule has 122 valence electrons. The SMILES string of the molecule is CN(C1CCOCC1)[C@H]1CCCN(Cc2ccccc2F)C1. The molecule has 0 aliphatic carbocycles. The Hall–Kier alpha value is -0.970. The predicted octanol–water partition coefficient (Wildman–Crippen LogP) is 2.90. The first-order chi connectivity index (χ1) is 10.7. The van der Waals surface area contributed by atoms with E-state index in [4.69, 9.17) is 4.74 Å². The number of halogens is 1. The van der Waals surface area contributed by atoms with Crippen LogP contribution < -0.4 is 0 Å². The highest BCUT2D eigenvalue weighted by molar-refractivity contribution is 5.17. The minimum Gasteiger partial charge on any atom is -0.381 e. The average Bonchev–Trinajstić information content (AvgIpc) is 2.57. The number of piperidine rings is 1. The molecule has 0 radical (unpaired) electrons. The van der Waals surface area contributed by atoms with Gasteiger partial charge in [0.25, 0.3) is 0 Å². The Kier molecular flexibility index (Phi) is 5.45. The number of likely N-dealkylation sites (tertiary alicyclic amines) is 1. The van der Waals surface area contributed by atoms with E-state index in [9.17, 15) is 4.39 Å². The lowest BCUT2D eigenvalue weighted by Gasteiger charge is -2.42. The Labute approximate surface area is 133 Å². The zero-order valence-corrected chi connectivity index (χ0v) is 13.5. The maximum atomic E-state index is 13.8. The summed E-state index contributed by atoms with van der Waals surface area (Å²) in [7, 11) is 2.26. The van der Waals surface area contributed by atoms with E-state index in [1.54, 1.807) is 12.1 Å². The van der Waals surface area contributed by atoms with Gasteiger partial charge in [-0.25, -0.2) is 4.39 Å². The van der Waals surface area contributed by atoms with E-state index in [-0.39, 0.29) is 5.82 Å². The molecule has 0 aromatic heterocycles. The fourth-order valence-corrected chi connectivity index (χ4v) is 3.77. The maximum absolute atomic E-state index is 13.8. The monoisotopic (exact) mass is 306 g/mol. The highest BCUT2D eigenvalue weighted by atomic mass is 19.1. The molecule has 22 heavy (non-hydrogen) atoms. The van der Waals surface area contributed by atoms with Crippen LogP contribution in [0.3, 0.4) is 0 Å². The van der Waals surface area contributed by atoms with Gasteiger partial charge >= 0.3 is 0 Å². The molecule has 2 fully saturated rings. The number of ether oxygens (including phenoxy) is 1. The minimum atomic E-state index is -0.0811. The summed E-state index contributed by atoms with van der Waals surface area (Å²) < 4.78 is 19.3. The number of hydrogen-bond donors (Lipinski definition) is 0. The van der Waals surface area contributed by atoms with Crippen LogP contribution in [-0.4, -0.2) is 55.2 Å². The molecule has 0 N–H and O–H groups in total. The topological polar surface area (TPSA) is 15.7 Å². The van der Waals surface area contributed by atoms with Crippen LogP contribution in [0.4, 0.5) is 4.39 Å². The van der Waals surface area contributed by atoms with Gasteiger partial charge in [0.2, 0.25) is 0 Å². The van der Waals surface area contributed by atoms with E-state index >= 15 is 0 Å². The number of hydrogen-bond acceptors (Lipinski definition) is 3. The fourth-order valence-electron chi connectivity index (χ4n) is 3.77. The van der Waals surface area contributed by atoms with Crippen LogP contribution in [0.5, 0.6) is 0 Å². The van der Waals surface area contributed by atoms with Gasteiger partial charge < -0.3 is 4.74 Å². The molecule has 2 aliphatic heterocycles. The van der Waals surface area contributed by atoms with Gasteiger partial charge in [-0.1, -0.05) is 18.2 Å². The summed E-state index contributed by atoms with van der Waals surface area (Å²) >= 11 is 0. The van der Waals surface area contributed by atoms with Crippen molar-refractivity contribution in [2.45, 2.75) is 44.3 Å². The van der Waals surface area contributed by atoms with Crippen molar-refractivity contribution in [1.82, 2.24) is 9.80 Å². The van der Waals surface area contributed by atoms with Gasteiger partial charge in [-0.2, -0.15) is 0 Å². The third kappa shape index (κ3) is 3.86. The van der Waals surface area contributed by atoms with Gasteiger partial charge in [-0.05, 0) is 45.3 Å². The second-order valence-corrected chi connectivity index (χ2v) is 6.63. The van der Waals surface area contributed by atoms with Gasteiger partial charge in [0.15, 0.2) is 0 Å². The molecule has 4 heteroatoms. The normalized spacial score (nSPS) is 24.8. The van der Waals surface area contributed by atoms with Crippen molar-refractivity contribution >= 4 is 0 Å². The van der Waals surface area contributed by atoms with Crippen LogP contribution in [0.15, 0.2) is 24.3 Å². The van der Waals surface area contributed by atoms with Crippen molar-refractivity contribution in [2.75, 3.05) is 33.4 Å². The summed E-state index contributed by atoms with van der Waals surface area (Å²) in [6.07, 6.45) is 4.73. The number of rotatable bonds is 4. The predicted molar refractivity (Wildman–Crippen MR) is 86.3 cm³/mol. The van der Waals surface area contributed by atoms with Gasteiger partial charge in [0, 0.05) is 44.0 Å². The molecule has 2 heterocycles. The Bertz CT molecular complexity index is 476. The zero-order chi connectivity index (χ0) is 15.4. The van der Waals surface area contributed by atoms with Crippen molar-refractivity contribution in [3.63, 3.8) is 0 Å². The second-order valence-electron chi connectivity index (χ2n) is 6.63. The quantitative estimate of drug-likeness (QED) is 0.851. The summed E-state index contributed by atoms with van der Waals surface area (Å²) in [6, 6.07) is 8.38. The molecule has 2 saturated heterocycles. The van der Waals surface area contributed by atoms with Crippen LogP contribution in [0.2, 0.25) is 0 Å². The van der Waals surface area contributed by atoms with E-state index in [2.05, 4.69) is 16.8 Å². The molecule has 1 aromatic rings. The van der Waals surface area contributed by atoms with Crippen molar-refractivity contribution in [1.29, 1.82) is 0 Å². The molecule has 1 aromatic carbocycles. The second kappa shape index (κ2) is 7.53. The fraction of sp³-hybridized carbons (Fsp3) is 0.667. The average molecular weight is 306 g/mol.